The van der Waals surface area contributed by atoms with Gasteiger partial charge >= 0.3 is 0 Å². The number of nitrogens with two attached hydrogens (primary N) is 1. The highest BCUT2D eigenvalue weighted by Crippen LogP contribution is 2.26. The van der Waals surface area contributed by atoms with Crippen LogP contribution in [0, 0.1) is 17.1 Å². The van der Waals surface area contributed by atoms with Crippen molar-refractivity contribution in [3.05, 3.63) is 45.9 Å². The van der Waals surface area contributed by atoms with Crippen molar-refractivity contribution >= 4 is 17.4 Å². The molecule has 0 aliphatic rings. The van der Waals surface area contributed by atoms with E-state index in [0.717, 1.165) is 5.56 Å². The molecule has 1 heterocycles. The molecule has 6 heteroatoms. The minimum atomic E-state index is -0.472. The fourth-order valence-corrected chi connectivity index (χ4v) is 2.28. The zero-order valence-electron chi connectivity index (χ0n) is 12.1. The average molecular weight is 307 g/mol. The Bertz CT molecular complexity index is 722. The van der Waals surface area contributed by atoms with Gasteiger partial charge in [-0.15, -0.1) is 0 Å². The fourth-order valence-electron chi connectivity index (χ4n) is 2.08. The number of nitriles is 1. The SMILES string of the molecule is CC(C)(C)n1nc(Cc2ccc(F)c(Cl)c2)c(C#N)c1N. The topological polar surface area (TPSA) is 67.6 Å². The van der Waals surface area contributed by atoms with Crippen molar-refractivity contribution in [2.45, 2.75) is 32.7 Å². The lowest BCUT2D eigenvalue weighted by Crippen LogP contribution is -2.25. The Labute approximate surface area is 127 Å². The van der Waals surface area contributed by atoms with Crippen molar-refractivity contribution in [1.82, 2.24) is 9.78 Å². The second kappa shape index (κ2) is 5.38. The summed E-state index contributed by atoms with van der Waals surface area (Å²) in [5.74, 6) is -0.131. The van der Waals surface area contributed by atoms with Gasteiger partial charge in [0.2, 0.25) is 0 Å². The molecule has 0 amide bonds. The van der Waals surface area contributed by atoms with Crippen molar-refractivity contribution in [3.8, 4) is 6.07 Å². The molecule has 0 aliphatic heterocycles. The molecule has 0 bridgehead atoms. The highest BCUT2D eigenvalue weighted by molar-refractivity contribution is 6.30. The normalized spacial score (nSPS) is 11.4. The summed E-state index contributed by atoms with van der Waals surface area (Å²) in [6, 6.07) is 6.54. The molecular formula is C15H16ClFN4. The second-order valence-electron chi connectivity index (χ2n) is 5.83. The third-order valence-corrected chi connectivity index (χ3v) is 3.39. The van der Waals surface area contributed by atoms with Gasteiger partial charge in [-0.25, -0.2) is 9.07 Å². The maximum absolute atomic E-state index is 13.2. The van der Waals surface area contributed by atoms with Gasteiger partial charge in [0.25, 0.3) is 0 Å². The van der Waals surface area contributed by atoms with Crippen LogP contribution in [0.4, 0.5) is 10.2 Å². The predicted molar refractivity (Wildman–Crippen MR) is 80.6 cm³/mol. The zero-order valence-corrected chi connectivity index (χ0v) is 12.9. The Morgan fingerprint density at radius 3 is 2.62 bits per heavy atom. The van der Waals surface area contributed by atoms with E-state index in [4.69, 9.17) is 17.3 Å². The standard InChI is InChI=1S/C15H16ClFN4/c1-15(2,3)21-14(19)10(8-18)13(20-21)7-9-4-5-12(17)11(16)6-9/h4-6H,7,19H2,1-3H3. The van der Waals surface area contributed by atoms with Crippen LogP contribution in [0.5, 0.6) is 0 Å². The summed E-state index contributed by atoms with van der Waals surface area (Å²) in [5, 5.41) is 13.8. The molecule has 1 aromatic carbocycles. The number of halogens is 2. The lowest BCUT2D eigenvalue weighted by Gasteiger charge is -2.20. The fraction of sp³-hybridized carbons (Fsp3) is 0.333. The first-order valence-corrected chi connectivity index (χ1v) is 6.83. The quantitative estimate of drug-likeness (QED) is 0.923. The van der Waals surface area contributed by atoms with Crippen molar-refractivity contribution in [3.63, 3.8) is 0 Å². The van der Waals surface area contributed by atoms with Crippen LogP contribution >= 0.6 is 11.6 Å². The van der Waals surface area contributed by atoms with Crippen molar-refractivity contribution in [2.24, 2.45) is 0 Å². The van der Waals surface area contributed by atoms with E-state index in [0.29, 0.717) is 23.5 Å². The summed E-state index contributed by atoms with van der Waals surface area (Å²) < 4.78 is 14.8. The molecule has 0 saturated carbocycles. The van der Waals surface area contributed by atoms with Gasteiger partial charge in [-0.1, -0.05) is 17.7 Å². The number of anilines is 1. The first-order chi connectivity index (χ1) is 9.74. The van der Waals surface area contributed by atoms with Crippen LogP contribution in [0.2, 0.25) is 5.02 Å². The van der Waals surface area contributed by atoms with Gasteiger partial charge < -0.3 is 5.73 Å². The summed E-state index contributed by atoms with van der Waals surface area (Å²) in [6.07, 6.45) is 0.371. The van der Waals surface area contributed by atoms with Crippen LogP contribution in [0.15, 0.2) is 18.2 Å². The van der Waals surface area contributed by atoms with E-state index in [9.17, 15) is 9.65 Å². The lowest BCUT2D eigenvalue weighted by molar-refractivity contribution is 0.359. The van der Waals surface area contributed by atoms with Crippen LogP contribution in [-0.4, -0.2) is 9.78 Å². The molecule has 21 heavy (non-hydrogen) atoms. The van der Waals surface area contributed by atoms with Gasteiger partial charge in [-0.2, -0.15) is 10.4 Å². The Morgan fingerprint density at radius 1 is 1.43 bits per heavy atom. The predicted octanol–water partition coefficient (Wildman–Crippen LogP) is 3.48. The van der Waals surface area contributed by atoms with Crippen LogP contribution < -0.4 is 5.73 Å². The Kier molecular flexibility index (Phi) is 3.93. The summed E-state index contributed by atoms with van der Waals surface area (Å²) >= 11 is 5.77. The molecule has 0 unspecified atom stereocenters. The molecule has 0 fully saturated rings. The summed E-state index contributed by atoms with van der Waals surface area (Å²) in [7, 11) is 0. The molecule has 0 radical (unpaired) electrons. The minimum Gasteiger partial charge on any atom is -0.383 e. The smallest absolute Gasteiger partial charge is 0.141 e. The molecule has 4 nitrogen and oxygen atoms in total. The van der Waals surface area contributed by atoms with Crippen LogP contribution in [0.25, 0.3) is 0 Å². The summed E-state index contributed by atoms with van der Waals surface area (Å²) in [4.78, 5) is 0. The molecule has 2 rings (SSSR count). The minimum absolute atomic E-state index is 0.0502. The maximum Gasteiger partial charge on any atom is 0.141 e. The largest absolute Gasteiger partial charge is 0.383 e. The highest BCUT2D eigenvalue weighted by Gasteiger charge is 2.23. The summed E-state index contributed by atoms with van der Waals surface area (Å²) in [5.41, 5.74) is 7.36. The molecule has 2 N–H and O–H groups in total. The third kappa shape index (κ3) is 3.01. The number of hydrogen-bond acceptors (Lipinski definition) is 3. The van der Waals surface area contributed by atoms with Crippen LogP contribution in [0.1, 0.15) is 37.6 Å². The van der Waals surface area contributed by atoms with E-state index in [1.54, 1.807) is 10.7 Å². The van der Waals surface area contributed by atoms with Gasteiger partial charge in [0.05, 0.1) is 16.3 Å². The third-order valence-electron chi connectivity index (χ3n) is 3.10. The number of benzene rings is 1. The van der Waals surface area contributed by atoms with Crippen LogP contribution in [-0.2, 0) is 12.0 Å². The van der Waals surface area contributed by atoms with Crippen molar-refractivity contribution in [1.29, 1.82) is 5.26 Å². The number of rotatable bonds is 2. The molecule has 0 saturated heterocycles. The van der Waals surface area contributed by atoms with Gasteiger partial charge in [-0.3, -0.25) is 0 Å². The number of hydrogen-bond donors (Lipinski definition) is 1. The molecule has 0 aliphatic carbocycles. The van der Waals surface area contributed by atoms with Gasteiger partial charge in [0, 0.05) is 6.42 Å². The monoisotopic (exact) mass is 306 g/mol. The Morgan fingerprint density at radius 2 is 2.10 bits per heavy atom. The number of aromatic nitrogens is 2. The highest BCUT2D eigenvalue weighted by atomic mass is 35.5. The van der Waals surface area contributed by atoms with E-state index in [2.05, 4.69) is 11.2 Å². The molecule has 1 aromatic heterocycles. The van der Waals surface area contributed by atoms with Gasteiger partial charge in [0.15, 0.2) is 0 Å². The first kappa shape index (κ1) is 15.3. The van der Waals surface area contributed by atoms with Crippen molar-refractivity contribution < 1.29 is 4.39 Å². The van der Waals surface area contributed by atoms with Gasteiger partial charge in [-0.05, 0) is 38.5 Å². The molecule has 0 atom stereocenters. The Hall–Kier alpha value is -2.06. The molecule has 0 spiro atoms. The molecular weight excluding hydrogens is 291 g/mol. The second-order valence-corrected chi connectivity index (χ2v) is 6.23. The maximum atomic E-state index is 13.2. The van der Waals surface area contributed by atoms with E-state index >= 15 is 0 Å². The van der Waals surface area contributed by atoms with Crippen LogP contribution in [0.3, 0.4) is 0 Å². The molecule has 110 valence electrons. The van der Waals surface area contributed by atoms with E-state index in [1.807, 2.05) is 20.8 Å². The van der Waals surface area contributed by atoms with Gasteiger partial charge in [0.1, 0.15) is 23.3 Å². The van der Waals surface area contributed by atoms with E-state index < -0.39 is 5.82 Å². The summed E-state index contributed by atoms with van der Waals surface area (Å²) in [6.45, 7) is 5.86. The van der Waals surface area contributed by atoms with E-state index in [-0.39, 0.29) is 10.6 Å². The Balaban J connectivity index is 2.45. The first-order valence-electron chi connectivity index (χ1n) is 6.46. The van der Waals surface area contributed by atoms with E-state index in [1.165, 1.54) is 12.1 Å². The number of nitrogen functional groups attached to an aromatic ring is 1. The lowest BCUT2D eigenvalue weighted by atomic mass is 10.1. The zero-order chi connectivity index (χ0) is 15.8. The van der Waals surface area contributed by atoms with Crippen molar-refractivity contribution in [2.75, 3.05) is 5.73 Å². The molecule has 2 aromatic rings. The average Bonchev–Trinajstić information content (AvgIpc) is 2.70. The number of nitrogens with zero attached hydrogens (tertiary/aromatic N) is 3.